The lowest BCUT2D eigenvalue weighted by molar-refractivity contribution is -0.387. The highest BCUT2D eigenvalue weighted by Gasteiger charge is 2.38. The summed E-state index contributed by atoms with van der Waals surface area (Å²) in [6.45, 7) is 1.69. The lowest BCUT2D eigenvalue weighted by Gasteiger charge is -2.23. The Morgan fingerprint density at radius 2 is 2.10 bits per heavy atom. The molecule has 1 aliphatic rings. The van der Waals surface area contributed by atoms with Gasteiger partial charge in [-0.3, -0.25) is 14.9 Å². The molecule has 0 N–H and O–H groups in total. The van der Waals surface area contributed by atoms with Crippen LogP contribution in [0.5, 0.6) is 0 Å². The molecule has 0 aliphatic carbocycles. The summed E-state index contributed by atoms with van der Waals surface area (Å²) >= 11 is 0. The van der Waals surface area contributed by atoms with Gasteiger partial charge in [0.05, 0.1) is 4.92 Å². The van der Waals surface area contributed by atoms with Crippen molar-refractivity contribution in [3.63, 3.8) is 0 Å². The van der Waals surface area contributed by atoms with E-state index in [9.17, 15) is 23.3 Å². The maximum Gasteiger partial charge on any atom is 0.289 e. The Morgan fingerprint density at radius 1 is 1.43 bits per heavy atom. The number of hydrogen-bond acceptors (Lipinski definition) is 5. The number of para-hydroxylation sites is 1. The monoisotopic (exact) mass is 312 g/mol. The van der Waals surface area contributed by atoms with Crippen LogP contribution in [0.1, 0.15) is 26.2 Å². The van der Waals surface area contributed by atoms with E-state index in [0.29, 0.717) is 12.8 Å². The van der Waals surface area contributed by atoms with Crippen LogP contribution < -0.4 is 0 Å². The molecule has 1 heterocycles. The highest BCUT2D eigenvalue weighted by atomic mass is 32.2. The molecule has 1 atom stereocenters. The molecule has 21 heavy (non-hydrogen) atoms. The summed E-state index contributed by atoms with van der Waals surface area (Å²) in [7, 11) is -3.97. The predicted molar refractivity (Wildman–Crippen MR) is 75.3 cm³/mol. The molecule has 0 aromatic heterocycles. The van der Waals surface area contributed by atoms with Gasteiger partial charge in [-0.05, 0) is 25.8 Å². The van der Waals surface area contributed by atoms with E-state index in [0.717, 1.165) is 0 Å². The minimum Gasteiger partial charge on any atom is -0.300 e. The van der Waals surface area contributed by atoms with Gasteiger partial charge in [0.15, 0.2) is 4.90 Å². The molecule has 0 spiro atoms. The fourth-order valence-corrected chi connectivity index (χ4v) is 4.47. The smallest absolute Gasteiger partial charge is 0.289 e. The Bertz CT molecular complexity index is 671. The second kappa shape index (κ2) is 5.90. The fourth-order valence-electron chi connectivity index (χ4n) is 2.61. The quantitative estimate of drug-likeness (QED) is 0.609. The molecule has 1 aromatic rings. The van der Waals surface area contributed by atoms with Crippen LogP contribution in [0.15, 0.2) is 29.2 Å². The number of rotatable bonds is 5. The zero-order valence-electron chi connectivity index (χ0n) is 11.6. The molecule has 1 saturated heterocycles. The van der Waals surface area contributed by atoms with Gasteiger partial charge in [-0.2, -0.15) is 4.31 Å². The largest absolute Gasteiger partial charge is 0.300 e. The van der Waals surface area contributed by atoms with Gasteiger partial charge in [-0.1, -0.05) is 12.1 Å². The second-order valence-corrected chi connectivity index (χ2v) is 6.90. The molecule has 0 saturated carbocycles. The van der Waals surface area contributed by atoms with Crippen molar-refractivity contribution in [3.8, 4) is 0 Å². The zero-order valence-corrected chi connectivity index (χ0v) is 12.4. The first kappa shape index (κ1) is 15.6. The van der Waals surface area contributed by atoms with Crippen LogP contribution in [-0.4, -0.2) is 36.0 Å². The second-order valence-electron chi connectivity index (χ2n) is 5.04. The van der Waals surface area contributed by atoms with Crippen LogP contribution in [0.2, 0.25) is 0 Å². The summed E-state index contributed by atoms with van der Waals surface area (Å²) in [4.78, 5) is 21.2. The van der Waals surface area contributed by atoms with E-state index in [1.165, 1.54) is 35.5 Å². The van der Waals surface area contributed by atoms with Crippen molar-refractivity contribution in [1.82, 2.24) is 4.31 Å². The standard InChI is InChI=1S/C13H16N2O5S/c1-10(16)9-11-5-4-8-14(11)21(19,20)13-7-3-2-6-12(13)15(17)18/h2-3,6-7,11H,4-5,8-9H2,1H3. The third-order valence-corrected chi connectivity index (χ3v) is 5.49. The number of nitro groups is 1. The summed E-state index contributed by atoms with van der Waals surface area (Å²) in [6, 6.07) is 4.87. The first-order chi connectivity index (χ1) is 9.84. The van der Waals surface area contributed by atoms with Crippen LogP contribution >= 0.6 is 0 Å². The van der Waals surface area contributed by atoms with E-state index in [4.69, 9.17) is 0 Å². The summed E-state index contributed by atoms with van der Waals surface area (Å²) in [6.07, 6.45) is 1.39. The number of carbonyl (C=O) groups excluding carboxylic acids is 1. The number of hydrogen-bond donors (Lipinski definition) is 0. The Balaban J connectivity index is 2.42. The molecule has 1 aromatic carbocycles. The molecule has 1 aliphatic heterocycles. The molecule has 0 radical (unpaired) electrons. The van der Waals surface area contributed by atoms with Gasteiger partial charge in [-0.15, -0.1) is 0 Å². The van der Waals surface area contributed by atoms with Crippen LogP contribution in [-0.2, 0) is 14.8 Å². The fraction of sp³-hybridized carbons (Fsp3) is 0.462. The van der Waals surface area contributed by atoms with Crippen LogP contribution in [0.4, 0.5) is 5.69 Å². The van der Waals surface area contributed by atoms with Gasteiger partial charge in [0.1, 0.15) is 5.78 Å². The molecule has 0 amide bonds. The normalized spacial score (nSPS) is 19.6. The molecule has 8 heteroatoms. The third kappa shape index (κ3) is 3.11. The molecular formula is C13H16N2O5S. The lowest BCUT2D eigenvalue weighted by atomic mass is 10.1. The average molecular weight is 312 g/mol. The van der Waals surface area contributed by atoms with Gasteiger partial charge in [-0.25, -0.2) is 8.42 Å². The molecule has 0 bridgehead atoms. The Hall–Kier alpha value is -1.80. The van der Waals surface area contributed by atoms with Crippen LogP contribution in [0.3, 0.4) is 0 Å². The van der Waals surface area contributed by atoms with Crippen molar-refractivity contribution >= 4 is 21.5 Å². The van der Waals surface area contributed by atoms with E-state index >= 15 is 0 Å². The summed E-state index contributed by atoms with van der Waals surface area (Å²) < 4.78 is 26.5. The van der Waals surface area contributed by atoms with Gasteiger partial charge < -0.3 is 0 Å². The summed E-state index contributed by atoms with van der Waals surface area (Å²) in [5.74, 6) is -0.0929. The first-order valence-electron chi connectivity index (χ1n) is 6.58. The van der Waals surface area contributed by atoms with Crippen molar-refractivity contribution in [1.29, 1.82) is 0 Å². The minimum atomic E-state index is -3.97. The van der Waals surface area contributed by atoms with Gasteiger partial charge in [0, 0.05) is 25.1 Å². The highest BCUT2D eigenvalue weighted by Crippen LogP contribution is 2.32. The number of nitro benzene ring substituents is 1. The Kier molecular flexibility index (Phi) is 4.38. The molecule has 1 unspecified atom stereocenters. The topological polar surface area (TPSA) is 97.6 Å². The Labute approximate surface area is 122 Å². The number of carbonyl (C=O) groups is 1. The van der Waals surface area contributed by atoms with E-state index < -0.39 is 26.7 Å². The molecule has 114 valence electrons. The van der Waals surface area contributed by atoms with Crippen molar-refractivity contribution < 1.29 is 18.1 Å². The van der Waals surface area contributed by atoms with Gasteiger partial charge >= 0.3 is 0 Å². The van der Waals surface area contributed by atoms with Gasteiger partial charge in [0.2, 0.25) is 10.0 Å². The number of ketones is 1. The molecule has 1 fully saturated rings. The maximum absolute atomic E-state index is 12.7. The highest BCUT2D eigenvalue weighted by molar-refractivity contribution is 7.89. The number of sulfonamides is 1. The SMILES string of the molecule is CC(=O)CC1CCCN1S(=O)(=O)c1ccccc1[N+](=O)[O-]. The summed E-state index contributed by atoms with van der Waals surface area (Å²) in [5, 5.41) is 11.0. The first-order valence-corrected chi connectivity index (χ1v) is 8.02. The average Bonchev–Trinajstić information content (AvgIpc) is 2.86. The lowest BCUT2D eigenvalue weighted by Crippen LogP contribution is -2.36. The summed E-state index contributed by atoms with van der Waals surface area (Å²) in [5.41, 5.74) is -0.439. The molecule has 7 nitrogen and oxygen atoms in total. The zero-order chi connectivity index (χ0) is 15.6. The van der Waals surface area contributed by atoms with Crippen molar-refractivity contribution in [2.24, 2.45) is 0 Å². The maximum atomic E-state index is 12.7. The van der Waals surface area contributed by atoms with E-state index in [-0.39, 0.29) is 23.6 Å². The van der Waals surface area contributed by atoms with Crippen LogP contribution in [0.25, 0.3) is 0 Å². The minimum absolute atomic E-state index is 0.0929. The van der Waals surface area contributed by atoms with E-state index in [1.54, 1.807) is 0 Å². The number of benzene rings is 1. The van der Waals surface area contributed by atoms with Crippen LogP contribution in [0, 0.1) is 10.1 Å². The number of nitrogens with zero attached hydrogens (tertiary/aromatic N) is 2. The Morgan fingerprint density at radius 3 is 2.71 bits per heavy atom. The van der Waals surface area contributed by atoms with Gasteiger partial charge in [0.25, 0.3) is 5.69 Å². The van der Waals surface area contributed by atoms with E-state index in [1.807, 2.05) is 0 Å². The van der Waals surface area contributed by atoms with Crippen molar-refractivity contribution in [3.05, 3.63) is 34.4 Å². The number of Topliss-reactive ketones (excluding diaryl/α,β-unsaturated/α-hetero) is 1. The molecule has 2 rings (SSSR count). The molecular weight excluding hydrogens is 296 g/mol. The van der Waals surface area contributed by atoms with Crippen molar-refractivity contribution in [2.75, 3.05) is 6.54 Å². The third-order valence-electron chi connectivity index (χ3n) is 3.49. The predicted octanol–water partition coefficient (Wildman–Crippen LogP) is 1.73. The van der Waals surface area contributed by atoms with E-state index in [2.05, 4.69) is 0 Å². The van der Waals surface area contributed by atoms with Crippen molar-refractivity contribution in [2.45, 2.75) is 37.1 Å².